The first-order chi connectivity index (χ1) is 12.7. The number of aryl methyl sites for hydroxylation is 1. The van der Waals surface area contributed by atoms with E-state index >= 15 is 0 Å². The van der Waals surface area contributed by atoms with E-state index in [0.29, 0.717) is 17.1 Å². The third-order valence-electron chi connectivity index (χ3n) is 5.19. The Labute approximate surface area is 168 Å². The molecular weight excluding hydrogens is 384 g/mol. The molecule has 1 atom stereocenters. The minimum absolute atomic E-state index is 0.119. The fourth-order valence-electron chi connectivity index (χ4n) is 3.75. The van der Waals surface area contributed by atoms with Crippen LogP contribution in [0.5, 0.6) is 0 Å². The van der Waals surface area contributed by atoms with Crippen LogP contribution in [0.25, 0.3) is 0 Å². The van der Waals surface area contributed by atoms with Gasteiger partial charge in [-0.2, -0.15) is 0 Å². The molecule has 2 rings (SSSR count). The molecule has 1 aromatic rings. The molecule has 27 heavy (non-hydrogen) atoms. The molecule has 1 amide bonds. The van der Waals surface area contributed by atoms with Crippen LogP contribution in [0.3, 0.4) is 0 Å². The Morgan fingerprint density at radius 2 is 1.81 bits per heavy atom. The number of amides is 1. The monoisotopic (exact) mass is 414 g/mol. The van der Waals surface area contributed by atoms with Crippen molar-refractivity contribution in [3.8, 4) is 0 Å². The molecule has 0 aliphatic heterocycles. The lowest BCUT2D eigenvalue weighted by Crippen LogP contribution is -2.51. The van der Waals surface area contributed by atoms with E-state index in [-0.39, 0.29) is 11.9 Å². The number of carbonyl (C=O) groups excluding carboxylic acids is 1. The van der Waals surface area contributed by atoms with Gasteiger partial charge in [0.15, 0.2) is 0 Å². The molecule has 1 aliphatic rings. The number of carbonyl (C=O) groups is 1. The Hall–Kier alpha value is -1.27. The van der Waals surface area contributed by atoms with Crippen molar-refractivity contribution < 1.29 is 13.2 Å². The van der Waals surface area contributed by atoms with Crippen LogP contribution >= 0.6 is 11.6 Å². The number of nitrogens with zero attached hydrogens (tertiary/aromatic N) is 1. The summed E-state index contributed by atoms with van der Waals surface area (Å²) >= 11 is 6.11. The molecule has 1 aromatic carbocycles. The highest BCUT2D eigenvalue weighted by Gasteiger charge is 2.33. The number of hydrogen-bond acceptors (Lipinski definition) is 3. The Balaban J connectivity index is 2.29. The van der Waals surface area contributed by atoms with Gasteiger partial charge in [-0.1, -0.05) is 56.7 Å². The highest BCUT2D eigenvalue weighted by molar-refractivity contribution is 7.92. The molecule has 1 saturated carbocycles. The van der Waals surface area contributed by atoms with Gasteiger partial charge < -0.3 is 5.32 Å². The molecule has 1 fully saturated rings. The highest BCUT2D eigenvalue weighted by atomic mass is 35.5. The second-order valence-electron chi connectivity index (χ2n) is 7.46. The Morgan fingerprint density at radius 3 is 2.37 bits per heavy atom. The highest BCUT2D eigenvalue weighted by Crippen LogP contribution is 2.29. The molecule has 1 aliphatic carbocycles. The van der Waals surface area contributed by atoms with Crippen molar-refractivity contribution in [1.29, 1.82) is 0 Å². The molecule has 0 saturated heterocycles. The second-order valence-corrected chi connectivity index (χ2v) is 9.76. The Kier molecular flexibility index (Phi) is 7.98. The maximum absolute atomic E-state index is 13.0. The molecule has 5 nitrogen and oxygen atoms in total. The molecule has 0 aromatic heterocycles. The summed E-state index contributed by atoms with van der Waals surface area (Å²) in [6.45, 7) is 3.66. The zero-order valence-corrected chi connectivity index (χ0v) is 18.1. The SMILES string of the molecule is CC[C@H](C(=O)NC1CCCCCCC1)N(c1cc(Cl)ccc1C)S(C)(=O)=O. The topological polar surface area (TPSA) is 66.5 Å². The fourth-order valence-corrected chi connectivity index (χ4v) is 5.18. The van der Waals surface area contributed by atoms with E-state index in [4.69, 9.17) is 11.6 Å². The van der Waals surface area contributed by atoms with Crippen LogP contribution < -0.4 is 9.62 Å². The van der Waals surface area contributed by atoms with Gasteiger partial charge in [0.25, 0.3) is 0 Å². The van der Waals surface area contributed by atoms with Crippen molar-refractivity contribution in [2.24, 2.45) is 0 Å². The molecule has 0 spiro atoms. The van der Waals surface area contributed by atoms with Crippen molar-refractivity contribution in [3.63, 3.8) is 0 Å². The number of sulfonamides is 1. The van der Waals surface area contributed by atoms with Crippen LogP contribution in [0.4, 0.5) is 5.69 Å². The Morgan fingerprint density at radius 1 is 1.22 bits per heavy atom. The van der Waals surface area contributed by atoms with Gasteiger partial charge in [-0.15, -0.1) is 0 Å². The molecule has 0 heterocycles. The average Bonchev–Trinajstić information content (AvgIpc) is 2.56. The summed E-state index contributed by atoms with van der Waals surface area (Å²) in [5, 5.41) is 3.56. The minimum atomic E-state index is -3.65. The quantitative estimate of drug-likeness (QED) is 0.749. The summed E-state index contributed by atoms with van der Waals surface area (Å²) in [6.07, 6.45) is 9.29. The van der Waals surface area contributed by atoms with Crippen LogP contribution in [0.2, 0.25) is 5.02 Å². The standard InChI is InChI=1S/C20H31ClN2O3S/c1-4-18(20(24)22-17-10-8-6-5-7-9-11-17)23(27(3,25)26)19-14-16(21)13-12-15(19)2/h12-14,17-18H,4-11H2,1-3H3,(H,22,24)/t18-/m1/s1. The van der Waals surface area contributed by atoms with Gasteiger partial charge in [0, 0.05) is 11.1 Å². The summed E-state index contributed by atoms with van der Waals surface area (Å²) in [5.41, 5.74) is 1.23. The Bertz CT molecular complexity index is 744. The van der Waals surface area contributed by atoms with Crippen LogP contribution in [0.1, 0.15) is 63.9 Å². The summed E-state index contributed by atoms with van der Waals surface area (Å²) in [5.74, 6) is -0.229. The van der Waals surface area contributed by atoms with Gasteiger partial charge in [0.1, 0.15) is 6.04 Å². The minimum Gasteiger partial charge on any atom is -0.352 e. The molecular formula is C20H31ClN2O3S. The number of rotatable bonds is 6. The third kappa shape index (κ3) is 6.11. The smallest absolute Gasteiger partial charge is 0.244 e. The van der Waals surface area contributed by atoms with E-state index in [2.05, 4.69) is 5.32 Å². The van der Waals surface area contributed by atoms with Crippen molar-refractivity contribution in [2.75, 3.05) is 10.6 Å². The van der Waals surface area contributed by atoms with Gasteiger partial charge in [-0.05, 0) is 43.9 Å². The zero-order valence-electron chi connectivity index (χ0n) is 16.5. The van der Waals surface area contributed by atoms with E-state index in [9.17, 15) is 13.2 Å². The average molecular weight is 415 g/mol. The van der Waals surface area contributed by atoms with E-state index in [0.717, 1.165) is 37.5 Å². The van der Waals surface area contributed by atoms with E-state index in [1.807, 2.05) is 13.8 Å². The first kappa shape index (κ1) is 22.0. The first-order valence-corrected chi connectivity index (χ1v) is 12.0. The van der Waals surface area contributed by atoms with Gasteiger partial charge in [0.2, 0.25) is 15.9 Å². The molecule has 1 N–H and O–H groups in total. The summed E-state index contributed by atoms with van der Waals surface area (Å²) in [4.78, 5) is 13.0. The molecule has 7 heteroatoms. The number of nitrogens with one attached hydrogen (secondary N) is 1. The van der Waals surface area contributed by atoms with Crippen LogP contribution in [-0.2, 0) is 14.8 Å². The van der Waals surface area contributed by atoms with Gasteiger partial charge in [-0.25, -0.2) is 8.42 Å². The summed E-state index contributed by atoms with van der Waals surface area (Å²) < 4.78 is 26.4. The molecule has 0 unspecified atom stereocenters. The molecule has 152 valence electrons. The maximum Gasteiger partial charge on any atom is 0.244 e. The van der Waals surface area contributed by atoms with Crippen molar-refractivity contribution in [2.45, 2.75) is 77.3 Å². The lowest BCUT2D eigenvalue weighted by atomic mass is 9.96. The first-order valence-electron chi connectivity index (χ1n) is 9.80. The predicted molar refractivity (Wildman–Crippen MR) is 112 cm³/mol. The number of halogens is 1. The number of hydrogen-bond donors (Lipinski definition) is 1. The summed E-state index contributed by atoms with van der Waals surface area (Å²) in [7, 11) is -3.65. The van der Waals surface area contributed by atoms with Crippen LogP contribution in [0, 0.1) is 6.92 Å². The second kappa shape index (κ2) is 9.78. The van der Waals surface area contributed by atoms with Gasteiger partial charge >= 0.3 is 0 Å². The largest absolute Gasteiger partial charge is 0.352 e. The third-order valence-corrected chi connectivity index (χ3v) is 6.59. The normalized spacial score (nSPS) is 17.6. The lowest BCUT2D eigenvalue weighted by molar-refractivity contribution is -0.123. The summed E-state index contributed by atoms with van der Waals surface area (Å²) in [6, 6.07) is 4.44. The number of benzene rings is 1. The van der Waals surface area contributed by atoms with Crippen LogP contribution in [0.15, 0.2) is 18.2 Å². The van der Waals surface area contributed by atoms with Gasteiger partial charge in [0.05, 0.1) is 11.9 Å². The number of anilines is 1. The molecule has 0 radical (unpaired) electrons. The lowest BCUT2D eigenvalue weighted by Gasteiger charge is -2.33. The maximum atomic E-state index is 13.0. The molecule has 0 bridgehead atoms. The van der Waals surface area contributed by atoms with Crippen molar-refractivity contribution in [3.05, 3.63) is 28.8 Å². The predicted octanol–water partition coefficient (Wildman–Crippen LogP) is 4.42. The van der Waals surface area contributed by atoms with E-state index < -0.39 is 16.1 Å². The fraction of sp³-hybridized carbons (Fsp3) is 0.650. The van der Waals surface area contributed by atoms with Crippen LogP contribution in [-0.4, -0.2) is 32.7 Å². The van der Waals surface area contributed by atoms with E-state index in [1.165, 1.54) is 23.6 Å². The van der Waals surface area contributed by atoms with E-state index in [1.54, 1.807) is 18.2 Å². The van der Waals surface area contributed by atoms with Crippen molar-refractivity contribution >= 4 is 33.2 Å². The van der Waals surface area contributed by atoms with Gasteiger partial charge in [-0.3, -0.25) is 9.10 Å². The zero-order chi connectivity index (χ0) is 20.0. The van der Waals surface area contributed by atoms with Crippen molar-refractivity contribution in [1.82, 2.24) is 5.32 Å².